The summed E-state index contributed by atoms with van der Waals surface area (Å²) in [5.41, 5.74) is 1.36. The first-order valence-corrected chi connectivity index (χ1v) is 12.8. The molecule has 6 heteroatoms. The van der Waals surface area contributed by atoms with Gasteiger partial charge in [0.15, 0.2) is 0 Å². The Kier molecular flexibility index (Phi) is 10.1. The van der Waals surface area contributed by atoms with E-state index >= 15 is 0 Å². The van der Waals surface area contributed by atoms with Gasteiger partial charge in [0.25, 0.3) is 0 Å². The van der Waals surface area contributed by atoms with Crippen LogP contribution in [0.5, 0.6) is 0 Å². The van der Waals surface area contributed by atoms with Gasteiger partial charge in [-0.2, -0.15) is 0 Å². The number of benzene rings is 1. The van der Waals surface area contributed by atoms with Gasteiger partial charge in [-0.1, -0.05) is 61.9 Å². The highest BCUT2D eigenvalue weighted by Crippen LogP contribution is 2.23. The van der Waals surface area contributed by atoms with Crippen molar-refractivity contribution in [2.45, 2.75) is 57.6 Å². The van der Waals surface area contributed by atoms with Crippen LogP contribution in [-0.2, 0) is 16.0 Å². The summed E-state index contributed by atoms with van der Waals surface area (Å²) in [5.74, 6) is -0.0296. The minimum atomic E-state index is -0.507. The van der Waals surface area contributed by atoms with Crippen molar-refractivity contribution in [3.63, 3.8) is 0 Å². The molecule has 0 unspecified atom stereocenters. The number of aryl methyl sites for hydroxylation is 1. The Balaban J connectivity index is 1.44. The topological polar surface area (TPSA) is 66.8 Å². The van der Waals surface area contributed by atoms with Crippen molar-refractivity contribution in [3.8, 4) is 0 Å². The zero-order valence-electron chi connectivity index (χ0n) is 20.1. The molecular formula is C28H35NO4S. The van der Waals surface area contributed by atoms with Crippen LogP contribution in [0.2, 0.25) is 0 Å². The highest BCUT2D eigenvalue weighted by molar-refractivity contribution is 7.14. The lowest BCUT2D eigenvalue weighted by Crippen LogP contribution is -2.32. The smallest absolute Gasteiger partial charge is 0.348 e. The maximum Gasteiger partial charge on any atom is 0.348 e. The van der Waals surface area contributed by atoms with Gasteiger partial charge in [-0.25, -0.2) is 4.79 Å². The van der Waals surface area contributed by atoms with Crippen molar-refractivity contribution in [3.05, 3.63) is 76.0 Å². The number of carbonyl (C=O) groups excluding carboxylic acids is 2. The number of ether oxygens (including phenoxy) is 1. The first kappa shape index (κ1) is 25.9. The predicted molar refractivity (Wildman–Crippen MR) is 138 cm³/mol. The number of methoxy groups -OCH3 is 1. The number of carbonyl (C=O) groups is 2. The Morgan fingerprint density at radius 1 is 1.24 bits per heavy atom. The molecule has 182 valence electrons. The number of rotatable bonds is 12. The lowest BCUT2D eigenvalue weighted by Gasteiger charge is -2.22. The van der Waals surface area contributed by atoms with Crippen molar-refractivity contribution in [1.82, 2.24) is 4.90 Å². The fourth-order valence-corrected chi connectivity index (χ4v) is 5.03. The summed E-state index contributed by atoms with van der Waals surface area (Å²) in [5, 5.41) is 10.6. The number of aliphatic hydroxyl groups excluding tert-OH is 1. The Bertz CT molecular complexity index is 981. The lowest BCUT2D eigenvalue weighted by atomic mass is 9.95. The average molecular weight is 482 g/mol. The number of thiophene rings is 1. The van der Waals surface area contributed by atoms with Crippen LogP contribution in [0.4, 0.5) is 0 Å². The maximum absolute atomic E-state index is 12.4. The third-order valence-electron chi connectivity index (χ3n) is 6.30. The number of nitrogens with zero attached hydrogens (tertiary/aromatic N) is 1. The van der Waals surface area contributed by atoms with Crippen LogP contribution in [0, 0.1) is 5.92 Å². The summed E-state index contributed by atoms with van der Waals surface area (Å²) in [6.45, 7) is 2.59. The Morgan fingerprint density at radius 2 is 2.03 bits per heavy atom. The minimum absolute atomic E-state index is 0.00560. The Morgan fingerprint density at radius 3 is 2.79 bits per heavy atom. The summed E-state index contributed by atoms with van der Waals surface area (Å²) in [4.78, 5) is 27.3. The predicted octanol–water partition coefficient (Wildman–Crippen LogP) is 5.51. The van der Waals surface area contributed by atoms with Crippen molar-refractivity contribution in [2.24, 2.45) is 5.92 Å². The van der Waals surface area contributed by atoms with Crippen LogP contribution in [0.1, 0.15) is 59.1 Å². The molecule has 3 rings (SSSR count). The van der Waals surface area contributed by atoms with Crippen LogP contribution < -0.4 is 0 Å². The second-order valence-electron chi connectivity index (χ2n) is 8.83. The third-order valence-corrected chi connectivity index (χ3v) is 7.33. The van der Waals surface area contributed by atoms with Gasteiger partial charge in [0.1, 0.15) is 4.88 Å². The number of esters is 1. The van der Waals surface area contributed by atoms with Crippen LogP contribution in [0.15, 0.2) is 60.7 Å². The molecule has 0 saturated carbocycles. The van der Waals surface area contributed by atoms with Crippen LogP contribution in [0.3, 0.4) is 0 Å². The first-order valence-electron chi connectivity index (χ1n) is 12.0. The van der Waals surface area contributed by atoms with E-state index < -0.39 is 6.10 Å². The minimum Gasteiger partial charge on any atom is -0.465 e. The largest absolute Gasteiger partial charge is 0.465 e. The normalized spacial score (nSPS) is 18.1. The van der Waals surface area contributed by atoms with E-state index in [0.717, 1.165) is 37.0 Å². The lowest BCUT2D eigenvalue weighted by molar-refractivity contribution is -0.127. The molecule has 1 aromatic heterocycles. The van der Waals surface area contributed by atoms with Gasteiger partial charge in [-0.15, -0.1) is 11.3 Å². The molecule has 1 fully saturated rings. The van der Waals surface area contributed by atoms with E-state index in [0.29, 0.717) is 17.8 Å². The number of hydrogen-bond donors (Lipinski definition) is 1. The third kappa shape index (κ3) is 7.67. The summed E-state index contributed by atoms with van der Waals surface area (Å²) < 4.78 is 4.74. The van der Waals surface area contributed by atoms with Crippen molar-refractivity contribution in [1.29, 1.82) is 0 Å². The fourth-order valence-electron chi connectivity index (χ4n) is 4.17. The first-order chi connectivity index (χ1) is 16.5. The summed E-state index contributed by atoms with van der Waals surface area (Å²) in [7, 11) is 1.37. The summed E-state index contributed by atoms with van der Waals surface area (Å²) >= 11 is 1.36. The molecule has 3 atom stereocenters. The van der Waals surface area contributed by atoms with Crippen LogP contribution >= 0.6 is 11.3 Å². The second-order valence-corrected chi connectivity index (χ2v) is 9.95. The van der Waals surface area contributed by atoms with E-state index in [2.05, 4.69) is 31.2 Å². The molecule has 1 aromatic carbocycles. The molecule has 5 nitrogen and oxygen atoms in total. The van der Waals surface area contributed by atoms with E-state index in [1.807, 2.05) is 41.3 Å². The molecule has 0 bridgehead atoms. The second kappa shape index (κ2) is 13.3. The zero-order chi connectivity index (χ0) is 24.3. The van der Waals surface area contributed by atoms with Gasteiger partial charge in [0.2, 0.25) is 5.91 Å². The van der Waals surface area contributed by atoms with Crippen molar-refractivity contribution in [2.75, 3.05) is 13.7 Å². The molecule has 1 N–H and O–H groups in total. The SMILES string of the molecule is COC(=O)c1ccc(C=CCN2C(=O)CC[C@@H]2C=C[C@@H](O)[C@@H](C)CCCCc2ccccc2)s1. The molecule has 1 aliphatic heterocycles. The molecule has 1 aliphatic rings. The van der Waals surface area contributed by atoms with Crippen molar-refractivity contribution >= 4 is 29.3 Å². The molecule has 1 amide bonds. The number of amides is 1. The number of unbranched alkanes of at least 4 members (excludes halogenated alkanes) is 1. The Hall–Kier alpha value is -2.70. The highest BCUT2D eigenvalue weighted by Gasteiger charge is 2.28. The molecule has 2 heterocycles. The quantitative estimate of drug-likeness (QED) is 0.247. The van der Waals surface area contributed by atoms with E-state index in [-0.39, 0.29) is 23.8 Å². The van der Waals surface area contributed by atoms with E-state index in [4.69, 9.17) is 4.74 Å². The van der Waals surface area contributed by atoms with Gasteiger partial charge in [0.05, 0.1) is 19.3 Å². The summed E-state index contributed by atoms with van der Waals surface area (Å²) in [6.07, 6.45) is 12.8. The Labute approximate surface area is 206 Å². The van der Waals surface area contributed by atoms with Gasteiger partial charge in [0, 0.05) is 17.8 Å². The number of hydrogen-bond acceptors (Lipinski definition) is 5. The molecule has 2 aromatic rings. The standard InChI is InChI=1S/C28H35NO4S/c1-21(9-6-7-12-22-10-4-3-5-11-22)25(30)17-14-23-15-19-27(31)29(23)20-8-13-24-16-18-26(34-24)28(32)33-2/h3-5,8,10-11,13-14,16-18,21,23,25,30H,6-7,9,12,15,19-20H2,1-2H3/t21-,23-,25+/m0/s1. The zero-order valence-corrected chi connectivity index (χ0v) is 20.9. The van der Waals surface area contributed by atoms with E-state index in [9.17, 15) is 14.7 Å². The van der Waals surface area contributed by atoms with E-state index in [1.54, 1.807) is 6.07 Å². The van der Waals surface area contributed by atoms with Gasteiger partial charge < -0.3 is 14.7 Å². The summed E-state index contributed by atoms with van der Waals surface area (Å²) in [6, 6.07) is 14.1. The van der Waals surface area contributed by atoms with Gasteiger partial charge in [-0.05, 0) is 55.4 Å². The molecule has 0 spiro atoms. The molecule has 34 heavy (non-hydrogen) atoms. The maximum atomic E-state index is 12.4. The molecule has 1 saturated heterocycles. The highest BCUT2D eigenvalue weighted by atomic mass is 32.1. The average Bonchev–Trinajstić information content (AvgIpc) is 3.47. The fraction of sp³-hybridized carbons (Fsp3) is 0.429. The molecule has 0 aliphatic carbocycles. The number of aliphatic hydroxyl groups is 1. The van der Waals surface area contributed by atoms with E-state index in [1.165, 1.54) is 24.0 Å². The number of likely N-dealkylation sites (tertiary alicyclic amines) is 1. The molecular weight excluding hydrogens is 446 g/mol. The molecule has 0 radical (unpaired) electrons. The monoisotopic (exact) mass is 481 g/mol. The van der Waals surface area contributed by atoms with Gasteiger partial charge >= 0.3 is 5.97 Å². The van der Waals surface area contributed by atoms with Gasteiger partial charge in [-0.3, -0.25) is 4.79 Å². The van der Waals surface area contributed by atoms with Crippen LogP contribution in [0.25, 0.3) is 6.08 Å². The van der Waals surface area contributed by atoms with Crippen molar-refractivity contribution < 1.29 is 19.4 Å². The van der Waals surface area contributed by atoms with Crippen LogP contribution in [-0.4, -0.2) is 47.7 Å².